The third-order valence-electron chi connectivity index (χ3n) is 0.756. The molecule has 2 heteroatoms. The Hall–Kier alpha value is -0.370. The van der Waals surface area contributed by atoms with Crippen LogP contribution in [-0.4, -0.2) is 5.11 Å². The Morgan fingerprint density at radius 1 is 1.27 bits per heavy atom. The van der Waals surface area contributed by atoms with Crippen LogP contribution < -0.4 is 29.6 Å². The van der Waals surface area contributed by atoms with Crippen LogP contribution in [0, 0.1) is 6.92 Å². The molecule has 0 unspecified atom stereocenters. The second-order valence-electron chi connectivity index (χ2n) is 1.62. The zero-order chi connectivity index (χ0) is 7.82. The van der Waals surface area contributed by atoms with Gasteiger partial charge in [-0.3, -0.25) is 0 Å². The summed E-state index contributed by atoms with van der Waals surface area (Å²) < 4.78 is 0. The van der Waals surface area contributed by atoms with Crippen LogP contribution in [0.5, 0.6) is 5.75 Å². The largest absolute Gasteiger partial charge is 1.00 e. The Labute approximate surface area is 90.1 Å². The van der Waals surface area contributed by atoms with Gasteiger partial charge in [0.05, 0.1) is 0 Å². The average Bonchev–Trinajstić information content (AvgIpc) is 1.91. The standard InChI is InChI=1S/C6H6O.C3H5.Na/c7-6-4-2-1-3-5-6;1-3-2;/h1-5,7H;3H,1-2H2;/q;-1;+1. The summed E-state index contributed by atoms with van der Waals surface area (Å²) in [6.07, 6.45) is 1.50. The molecule has 0 heterocycles. The zero-order valence-corrected chi connectivity index (χ0v) is 8.83. The van der Waals surface area contributed by atoms with Crippen LogP contribution in [-0.2, 0) is 0 Å². The summed E-state index contributed by atoms with van der Waals surface area (Å²) in [7, 11) is 0. The Morgan fingerprint density at radius 2 is 1.64 bits per heavy atom. The van der Waals surface area contributed by atoms with Gasteiger partial charge in [0.15, 0.2) is 0 Å². The maximum absolute atomic E-state index is 8.63. The number of para-hydroxylation sites is 1. The number of allylic oxidation sites excluding steroid dienone is 1. The van der Waals surface area contributed by atoms with Crippen LogP contribution in [0.1, 0.15) is 0 Å². The van der Waals surface area contributed by atoms with Gasteiger partial charge in [0.1, 0.15) is 5.75 Å². The third-order valence-corrected chi connectivity index (χ3v) is 0.756. The van der Waals surface area contributed by atoms with Gasteiger partial charge in [-0.05, 0) is 12.1 Å². The van der Waals surface area contributed by atoms with Crippen LogP contribution in [0.3, 0.4) is 0 Å². The van der Waals surface area contributed by atoms with Crippen LogP contribution in [0.2, 0.25) is 0 Å². The average molecular weight is 158 g/mol. The first kappa shape index (κ1) is 13.2. The molecule has 1 N–H and O–H groups in total. The summed E-state index contributed by atoms with van der Waals surface area (Å²) in [5, 5.41) is 8.63. The molecular formula is C9H11NaO. The summed E-state index contributed by atoms with van der Waals surface area (Å²) in [6, 6.07) is 8.71. The van der Waals surface area contributed by atoms with E-state index in [1.54, 1.807) is 24.3 Å². The Morgan fingerprint density at radius 3 is 1.82 bits per heavy atom. The molecular weight excluding hydrogens is 147 g/mol. The van der Waals surface area contributed by atoms with Gasteiger partial charge in [0.2, 0.25) is 0 Å². The van der Waals surface area contributed by atoms with E-state index in [-0.39, 0.29) is 29.6 Å². The van der Waals surface area contributed by atoms with Crippen molar-refractivity contribution < 1.29 is 34.7 Å². The molecule has 0 saturated carbocycles. The molecule has 0 aliphatic heterocycles. The van der Waals surface area contributed by atoms with Crippen molar-refractivity contribution in [2.45, 2.75) is 0 Å². The quantitative estimate of drug-likeness (QED) is 0.395. The number of benzene rings is 1. The van der Waals surface area contributed by atoms with Crippen LogP contribution in [0.4, 0.5) is 0 Å². The maximum atomic E-state index is 8.63. The Balaban J connectivity index is 0. The van der Waals surface area contributed by atoms with Gasteiger partial charge in [-0.15, -0.1) is 0 Å². The van der Waals surface area contributed by atoms with Crippen molar-refractivity contribution in [3.63, 3.8) is 0 Å². The van der Waals surface area contributed by atoms with Gasteiger partial charge in [-0.25, -0.2) is 19.6 Å². The number of phenols is 1. The van der Waals surface area contributed by atoms with E-state index in [9.17, 15) is 0 Å². The van der Waals surface area contributed by atoms with Crippen LogP contribution in [0.15, 0.2) is 43.0 Å². The second kappa shape index (κ2) is 9.63. The number of phenolic OH excluding ortho intramolecular Hbond substituents is 1. The molecule has 0 aromatic heterocycles. The molecule has 0 fully saturated rings. The van der Waals surface area contributed by atoms with Gasteiger partial charge < -0.3 is 5.11 Å². The van der Waals surface area contributed by atoms with Crippen molar-refractivity contribution in [2.24, 2.45) is 0 Å². The number of rotatable bonds is 0. The van der Waals surface area contributed by atoms with E-state index in [4.69, 9.17) is 5.11 Å². The molecule has 0 radical (unpaired) electrons. The summed E-state index contributed by atoms with van der Waals surface area (Å²) in [5.74, 6) is 0.322. The zero-order valence-electron chi connectivity index (χ0n) is 6.83. The van der Waals surface area contributed by atoms with Crippen molar-refractivity contribution in [1.29, 1.82) is 0 Å². The normalized spacial score (nSPS) is 6.55. The van der Waals surface area contributed by atoms with E-state index < -0.39 is 0 Å². The minimum absolute atomic E-state index is 0. The van der Waals surface area contributed by atoms with Crippen molar-refractivity contribution in [2.75, 3.05) is 0 Å². The first-order valence-corrected chi connectivity index (χ1v) is 2.95. The molecule has 0 atom stereocenters. The van der Waals surface area contributed by atoms with E-state index >= 15 is 0 Å². The first-order chi connectivity index (χ1) is 4.81. The van der Waals surface area contributed by atoms with E-state index in [1.807, 2.05) is 6.07 Å². The maximum Gasteiger partial charge on any atom is 1.00 e. The SMILES string of the molecule is C=C[CH2-].Oc1ccccc1.[Na+]. The predicted molar refractivity (Wildman–Crippen MR) is 43.7 cm³/mol. The van der Waals surface area contributed by atoms with Gasteiger partial charge in [0.25, 0.3) is 0 Å². The summed E-state index contributed by atoms with van der Waals surface area (Å²) in [5.41, 5.74) is 0. The van der Waals surface area contributed by atoms with Gasteiger partial charge in [0, 0.05) is 0 Å². The fourth-order valence-electron chi connectivity index (χ4n) is 0.428. The van der Waals surface area contributed by atoms with Crippen molar-refractivity contribution >= 4 is 0 Å². The minimum atomic E-state index is 0. The molecule has 0 bridgehead atoms. The van der Waals surface area contributed by atoms with Gasteiger partial charge in [-0.2, -0.15) is 0 Å². The van der Waals surface area contributed by atoms with Crippen molar-refractivity contribution in [3.05, 3.63) is 49.9 Å². The number of aromatic hydroxyl groups is 1. The van der Waals surface area contributed by atoms with E-state index in [0.717, 1.165) is 0 Å². The van der Waals surface area contributed by atoms with E-state index in [0.29, 0.717) is 5.75 Å². The number of hydrogen-bond donors (Lipinski definition) is 1. The molecule has 1 aromatic carbocycles. The monoisotopic (exact) mass is 158 g/mol. The minimum Gasteiger partial charge on any atom is -0.508 e. The van der Waals surface area contributed by atoms with Gasteiger partial charge >= 0.3 is 29.6 Å². The smallest absolute Gasteiger partial charge is 0.508 e. The molecule has 1 rings (SSSR count). The predicted octanol–water partition coefficient (Wildman–Crippen LogP) is -0.597. The fraction of sp³-hybridized carbons (Fsp3) is 0. The van der Waals surface area contributed by atoms with Crippen molar-refractivity contribution in [3.8, 4) is 5.75 Å². The number of hydrogen-bond acceptors (Lipinski definition) is 1. The summed E-state index contributed by atoms with van der Waals surface area (Å²) >= 11 is 0. The second-order valence-corrected chi connectivity index (χ2v) is 1.62. The molecule has 1 nitrogen and oxygen atoms in total. The summed E-state index contributed by atoms with van der Waals surface area (Å²) in [4.78, 5) is 0. The first-order valence-electron chi connectivity index (χ1n) is 2.95. The fourth-order valence-corrected chi connectivity index (χ4v) is 0.428. The van der Waals surface area contributed by atoms with E-state index in [2.05, 4.69) is 13.5 Å². The molecule has 11 heavy (non-hydrogen) atoms. The topological polar surface area (TPSA) is 20.2 Å². The van der Waals surface area contributed by atoms with Crippen LogP contribution in [0.25, 0.3) is 0 Å². The Kier molecular flexibility index (Phi) is 11.6. The third kappa shape index (κ3) is 9.63. The molecule has 0 saturated heterocycles. The van der Waals surface area contributed by atoms with Crippen LogP contribution >= 0.6 is 0 Å². The molecule has 0 aliphatic carbocycles. The molecule has 0 spiro atoms. The molecule has 1 aromatic rings. The summed E-state index contributed by atoms with van der Waals surface area (Å²) in [6.45, 7) is 6.50. The molecule has 0 aliphatic rings. The molecule has 0 amide bonds. The molecule has 54 valence electrons. The Bertz CT molecular complexity index is 172. The van der Waals surface area contributed by atoms with Gasteiger partial charge in [-0.1, -0.05) is 18.2 Å². The van der Waals surface area contributed by atoms with Crippen molar-refractivity contribution in [1.82, 2.24) is 0 Å². The van der Waals surface area contributed by atoms with E-state index in [1.165, 1.54) is 6.08 Å².